The summed E-state index contributed by atoms with van der Waals surface area (Å²) in [6, 6.07) is 7.84. The molecule has 1 N–H and O–H groups in total. The van der Waals surface area contributed by atoms with Crippen molar-refractivity contribution < 1.29 is 14.0 Å². The zero-order chi connectivity index (χ0) is 18.4. The van der Waals surface area contributed by atoms with Crippen molar-refractivity contribution >= 4 is 11.7 Å². The Morgan fingerprint density at radius 1 is 1.24 bits per heavy atom. The third-order valence-corrected chi connectivity index (χ3v) is 3.76. The van der Waals surface area contributed by atoms with E-state index in [2.05, 4.69) is 10.3 Å². The van der Waals surface area contributed by atoms with Crippen LogP contribution in [0.5, 0.6) is 0 Å². The summed E-state index contributed by atoms with van der Waals surface area (Å²) < 4.78 is 5.68. The molecule has 1 amide bonds. The summed E-state index contributed by atoms with van der Waals surface area (Å²) in [6.45, 7) is 5.05. The number of oxazole rings is 1. The molecule has 0 aliphatic rings. The third-order valence-electron chi connectivity index (χ3n) is 3.76. The van der Waals surface area contributed by atoms with E-state index in [-0.39, 0.29) is 24.5 Å². The first-order chi connectivity index (χ1) is 11.8. The molecule has 1 heterocycles. The fraction of sp³-hybridized carbons (Fsp3) is 0.421. The van der Waals surface area contributed by atoms with Crippen LogP contribution in [-0.4, -0.2) is 48.8 Å². The second kappa shape index (κ2) is 8.58. The quantitative estimate of drug-likeness (QED) is 0.743. The number of benzene rings is 1. The number of ketones is 1. The van der Waals surface area contributed by atoms with Gasteiger partial charge in [-0.25, -0.2) is 4.98 Å². The van der Waals surface area contributed by atoms with Gasteiger partial charge < -0.3 is 14.6 Å². The molecule has 0 unspecified atom stereocenters. The van der Waals surface area contributed by atoms with Gasteiger partial charge in [-0.1, -0.05) is 17.7 Å². The summed E-state index contributed by atoms with van der Waals surface area (Å²) in [5.74, 6) is 0.679. The van der Waals surface area contributed by atoms with Crippen LogP contribution in [0.1, 0.15) is 23.4 Å². The summed E-state index contributed by atoms with van der Waals surface area (Å²) in [6.07, 6.45) is -0.0399. The second-order valence-corrected chi connectivity index (χ2v) is 6.44. The van der Waals surface area contributed by atoms with Gasteiger partial charge in [0.25, 0.3) is 0 Å². The van der Waals surface area contributed by atoms with Crippen LogP contribution < -0.4 is 5.32 Å². The lowest BCUT2D eigenvalue weighted by Gasteiger charge is -2.09. The van der Waals surface area contributed by atoms with Crippen LogP contribution in [0.25, 0.3) is 11.5 Å². The molecule has 0 aliphatic carbocycles. The van der Waals surface area contributed by atoms with E-state index in [0.717, 1.165) is 17.7 Å². The van der Waals surface area contributed by atoms with Crippen molar-refractivity contribution in [2.75, 3.05) is 27.2 Å². The van der Waals surface area contributed by atoms with E-state index in [4.69, 9.17) is 4.42 Å². The maximum Gasteiger partial charge on any atom is 0.227 e. The Morgan fingerprint density at radius 3 is 2.68 bits per heavy atom. The predicted molar refractivity (Wildman–Crippen MR) is 96.3 cm³/mol. The average molecular weight is 343 g/mol. The van der Waals surface area contributed by atoms with Gasteiger partial charge in [-0.05, 0) is 40.1 Å². The average Bonchev–Trinajstić information content (AvgIpc) is 2.87. The van der Waals surface area contributed by atoms with Gasteiger partial charge in [0.2, 0.25) is 11.8 Å². The Bertz CT molecular complexity index is 750. The third kappa shape index (κ3) is 5.83. The largest absolute Gasteiger partial charge is 0.441 e. The highest BCUT2D eigenvalue weighted by molar-refractivity contribution is 5.98. The van der Waals surface area contributed by atoms with Crippen LogP contribution >= 0.6 is 0 Å². The van der Waals surface area contributed by atoms with Crippen molar-refractivity contribution in [1.29, 1.82) is 0 Å². The van der Waals surface area contributed by atoms with Crippen LogP contribution in [0, 0.1) is 13.8 Å². The topological polar surface area (TPSA) is 75.4 Å². The van der Waals surface area contributed by atoms with Crippen LogP contribution in [0.2, 0.25) is 0 Å². The number of Topliss-reactive ketones (excluding diaryl/α,β-unsaturated/α-hetero) is 1. The SMILES string of the molecule is Cc1cccc(-c2nc(CC(=O)CC(=O)NCCN(C)C)c(C)o2)c1. The number of rotatable bonds is 8. The molecule has 0 aliphatic heterocycles. The fourth-order valence-electron chi connectivity index (χ4n) is 2.40. The van der Waals surface area contributed by atoms with Gasteiger partial charge in [0.15, 0.2) is 0 Å². The van der Waals surface area contributed by atoms with Gasteiger partial charge in [-0.2, -0.15) is 0 Å². The maximum absolute atomic E-state index is 12.1. The lowest BCUT2D eigenvalue weighted by molar-refractivity contribution is -0.127. The monoisotopic (exact) mass is 343 g/mol. The number of hydrogen-bond acceptors (Lipinski definition) is 5. The Balaban J connectivity index is 1.94. The molecule has 0 saturated carbocycles. The van der Waals surface area contributed by atoms with Crippen LogP contribution in [0.3, 0.4) is 0 Å². The molecule has 0 saturated heterocycles. The van der Waals surface area contributed by atoms with Crippen molar-refractivity contribution in [2.24, 2.45) is 0 Å². The normalized spacial score (nSPS) is 10.9. The molecule has 2 rings (SSSR count). The molecule has 25 heavy (non-hydrogen) atoms. The highest BCUT2D eigenvalue weighted by atomic mass is 16.4. The van der Waals surface area contributed by atoms with Crippen molar-refractivity contribution in [2.45, 2.75) is 26.7 Å². The van der Waals surface area contributed by atoms with Gasteiger partial charge in [0.05, 0.1) is 18.5 Å². The maximum atomic E-state index is 12.1. The van der Waals surface area contributed by atoms with Crippen molar-refractivity contribution in [1.82, 2.24) is 15.2 Å². The molecular weight excluding hydrogens is 318 g/mol. The minimum atomic E-state index is -0.257. The van der Waals surface area contributed by atoms with Gasteiger partial charge in [-0.3, -0.25) is 9.59 Å². The van der Waals surface area contributed by atoms with Crippen LogP contribution in [0.15, 0.2) is 28.7 Å². The highest BCUT2D eigenvalue weighted by Gasteiger charge is 2.16. The number of carbonyl (C=O) groups is 2. The predicted octanol–water partition coefficient (Wildman–Crippen LogP) is 2.14. The van der Waals surface area contributed by atoms with Gasteiger partial charge in [0.1, 0.15) is 11.5 Å². The van der Waals surface area contributed by atoms with E-state index < -0.39 is 0 Å². The first kappa shape index (κ1) is 18.9. The van der Waals surface area contributed by atoms with Crippen LogP contribution in [-0.2, 0) is 16.0 Å². The Morgan fingerprint density at radius 2 is 2.00 bits per heavy atom. The van der Waals surface area contributed by atoms with Crippen LogP contribution in [0.4, 0.5) is 0 Å². The van der Waals surface area contributed by atoms with Crippen molar-refractivity contribution in [3.8, 4) is 11.5 Å². The molecule has 134 valence electrons. The van der Waals surface area contributed by atoms with Gasteiger partial charge >= 0.3 is 0 Å². The molecule has 6 nitrogen and oxygen atoms in total. The Hall–Kier alpha value is -2.47. The molecular formula is C19H25N3O3. The number of hydrogen-bond donors (Lipinski definition) is 1. The summed E-state index contributed by atoms with van der Waals surface area (Å²) in [5, 5.41) is 2.74. The number of aromatic nitrogens is 1. The molecule has 0 fully saturated rings. The molecule has 1 aromatic heterocycles. The van der Waals surface area contributed by atoms with E-state index >= 15 is 0 Å². The smallest absolute Gasteiger partial charge is 0.227 e. The summed E-state index contributed by atoms with van der Waals surface area (Å²) in [4.78, 5) is 30.3. The number of aryl methyl sites for hydroxylation is 2. The summed E-state index contributed by atoms with van der Waals surface area (Å²) >= 11 is 0. The lowest BCUT2D eigenvalue weighted by Crippen LogP contribution is -2.32. The molecule has 2 aromatic rings. The van der Waals surface area contributed by atoms with E-state index in [9.17, 15) is 9.59 Å². The van der Waals surface area contributed by atoms with E-state index in [1.165, 1.54) is 0 Å². The van der Waals surface area contributed by atoms with E-state index in [0.29, 0.717) is 23.9 Å². The number of nitrogens with one attached hydrogen (secondary N) is 1. The van der Waals surface area contributed by atoms with Crippen molar-refractivity contribution in [3.63, 3.8) is 0 Å². The number of carbonyl (C=O) groups excluding carboxylic acids is 2. The standard InChI is InChI=1S/C19H25N3O3/c1-13-6-5-7-15(10-13)19-21-17(14(2)25-19)11-16(23)12-18(24)20-8-9-22(3)4/h5-7,10H,8-9,11-12H2,1-4H3,(H,20,24). The molecule has 0 bridgehead atoms. The molecule has 0 atom stereocenters. The first-order valence-electron chi connectivity index (χ1n) is 8.31. The van der Waals surface area contributed by atoms with E-state index in [1.54, 1.807) is 6.92 Å². The zero-order valence-electron chi connectivity index (χ0n) is 15.3. The first-order valence-corrected chi connectivity index (χ1v) is 8.31. The van der Waals surface area contributed by atoms with Gasteiger partial charge in [0, 0.05) is 18.7 Å². The zero-order valence-corrected chi connectivity index (χ0v) is 15.3. The van der Waals surface area contributed by atoms with Gasteiger partial charge in [-0.15, -0.1) is 0 Å². The highest BCUT2D eigenvalue weighted by Crippen LogP contribution is 2.23. The minimum Gasteiger partial charge on any atom is -0.441 e. The molecule has 0 radical (unpaired) electrons. The number of amides is 1. The minimum absolute atomic E-state index is 0.0995. The number of likely N-dealkylation sites (N-methyl/N-ethyl adjacent to an activating group) is 1. The lowest BCUT2D eigenvalue weighted by atomic mass is 10.1. The molecule has 0 spiro atoms. The summed E-state index contributed by atoms with van der Waals surface area (Å²) in [5.41, 5.74) is 2.58. The van der Waals surface area contributed by atoms with Crippen molar-refractivity contribution in [3.05, 3.63) is 41.3 Å². The molecule has 6 heteroatoms. The Labute approximate surface area is 148 Å². The Kier molecular flexibility index (Phi) is 6.47. The number of nitrogens with zero attached hydrogens (tertiary/aromatic N) is 2. The van der Waals surface area contributed by atoms with E-state index in [1.807, 2.05) is 50.2 Å². The summed E-state index contributed by atoms with van der Waals surface area (Å²) in [7, 11) is 3.85. The molecule has 1 aromatic carbocycles. The second-order valence-electron chi connectivity index (χ2n) is 6.44. The fourth-order valence-corrected chi connectivity index (χ4v) is 2.40.